The van der Waals surface area contributed by atoms with Gasteiger partial charge in [0, 0.05) is 13.2 Å². The number of rotatable bonds is 1. The molecule has 0 amide bonds. The smallest absolute Gasteiger partial charge is 0.0852 e. The minimum absolute atomic E-state index is 0.485. The van der Waals surface area contributed by atoms with E-state index in [-0.39, 0.29) is 0 Å². The van der Waals surface area contributed by atoms with E-state index in [1.54, 1.807) is 4.68 Å². The van der Waals surface area contributed by atoms with Crippen LogP contribution in [0.2, 0.25) is 0 Å². The molecule has 0 aliphatic heterocycles. The Hall–Kier alpha value is -0.860. The molecule has 1 aromatic heterocycles. The number of nitrogens with zero attached hydrogens (tertiary/aromatic N) is 3. The number of aryl methyl sites for hydroxylation is 1. The van der Waals surface area contributed by atoms with E-state index in [0.29, 0.717) is 5.92 Å². The van der Waals surface area contributed by atoms with Crippen molar-refractivity contribution in [1.82, 2.24) is 15.0 Å². The summed E-state index contributed by atoms with van der Waals surface area (Å²) in [6.07, 6.45) is 1.94. The second-order valence-electron chi connectivity index (χ2n) is 2.47. The van der Waals surface area contributed by atoms with Crippen LogP contribution in [0.5, 0.6) is 0 Å². The van der Waals surface area contributed by atoms with Crippen molar-refractivity contribution in [2.75, 3.05) is 0 Å². The van der Waals surface area contributed by atoms with E-state index in [9.17, 15) is 0 Å². The molecule has 0 aromatic carbocycles. The van der Waals surface area contributed by atoms with Crippen LogP contribution in [0.3, 0.4) is 0 Å². The lowest BCUT2D eigenvalue weighted by atomic mass is 10.2. The van der Waals surface area contributed by atoms with Crippen LogP contribution in [0.4, 0.5) is 0 Å². The van der Waals surface area contributed by atoms with E-state index in [4.69, 9.17) is 0 Å². The van der Waals surface area contributed by atoms with Gasteiger partial charge in [-0.25, -0.2) is 0 Å². The van der Waals surface area contributed by atoms with Crippen LogP contribution in [0, 0.1) is 0 Å². The van der Waals surface area contributed by atoms with E-state index in [0.717, 1.165) is 5.69 Å². The topological polar surface area (TPSA) is 30.7 Å². The normalized spacial score (nSPS) is 9.27. The van der Waals surface area contributed by atoms with E-state index in [1.807, 2.05) is 27.1 Å². The minimum atomic E-state index is 0.485. The predicted octanol–water partition coefficient (Wildman–Crippen LogP) is 1.96. The SMILES string of the molecule is CC.CC(C)c1cn(C)nn1. The molecule has 0 saturated heterocycles. The third-order valence-corrected chi connectivity index (χ3v) is 1.21. The fraction of sp³-hybridized carbons (Fsp3) is 0.750. The molecule has 0 aliphatic rings. The maximum atomic E-state index is 3.93. The Morgan fingerprint density at radius 3 is 2.09 bits per heavy atom. The molecule has 0 radical (unpaired) electrons. The van der Waals surface area contributed by atoms with Gasteiger partial charge in [-0.1, -0.05) is 32.9 Å². The van der Waals surface area contributed by atoms with Crippen molar-refractivity contribution in [2.24, 2.45) is 7.05 Å². The van der Waals surface area contributed by atoms with Gasteiger partial charge in [0.2, 0.25) is 0 Å². The van der Waals surface area contributed by atoms with Gasteiger partial charge in [0.25, 0.3) is 0 Å². The molecule has 3 heteroatoms. The van der Waals surface area contributed by atoms with Gasteiger partial charge in [-0.05, 0) is 5.92 Å². The van der Waals surface area contributed by atoms with Crippen molar-refractivity contribution in [3.8, 4) is 0 Å². The summed E-state index contributed by atoms with van der Waals surface area (Å²) in [7, 11) is 1.87. The second kappa shape index (κ2) is 4.88. The Labute approximate surface area is 68.4 Å². The lowest BCUT2D eigenvalue weighted by molar-refractivity contribution is 0.710. The molecule has 11 heavy (non-hydrogen) atoms. The van der Waals surface area contributed by atoms with Gasteiger partial charge >= 0.3 is 0 Å². The predicted molar refractivity (Wildman–Crippen MR) is 46.4 cm³/mol. The Balaban J connectivity index is 0.000000461. The summed E-state index contributed by atoms with van der Waals surface area (Å²) in [5.41, 5.74) is 1.05. The zero-order valence-electron chi connectivity index (χ0n) is 8.00. The summed E-state index contributed by atoms with van der Waals surface area (Å²) in [6, 6.07) is 0. The molecule has 0 N–H and O–H groups in total. The first-order valence-corrected chi connectivity index (χ1v) is 4.06. The van der Waals surface area contributed by atoms with Crippen LogP contribution in [-0.4, -0.2) is 15.0 Å². The highest BCUT2D eigenvalue weighted by molar-refractivity contribution is 4.97. The van der Waals surface area contributed by atoms with Crippen molar-refractivity contribution in [3.05, 3.63) is 11.9 Å². The van der Waals surface area contributed by atoms with Crippen LogP contribution in [0.15, 0.2) is 6.20 Å². The molecule has 1 heterocycles. The van der Waals surface area contributed by atoms with Gasteiger partial charge in [0.05, 0.1) is 5.69 Å². The molecular weight excluding hydrogens is 138 g/mol. The van der Waals surface area contributed by atoms with Crippen LogP contribution >= 0.6 is 0 Å². The molecule has 0 saturated carbocycles. The number of aromatic nitrogens is 3. The van der Waals surface area contributed by atoms with Crippen molar-refractivity contribution in [2.45, 2.75) is 33.6 Å². The zero-order valence-corrected chi connectivity index (χ0v) is 8.00. The Kier molecular flexibility index (Phi) is 4.50. The average Bonchev–Trinajstić information content (AvgIpc) is 2.40. The average molecular weight is 155 g/mol. The highest BCUT2D eigenvalue weighted by atomic mass is 15.4. The van der Waals surface area contributed by atoms with Crippen molar-refractivity contribution in [3.63, 3.8) is 0 Å². The molecule has 0 bridgehead atoms. The first kappa shape index (κ1) is 10.1. The molecule has 3 nitrogen and oxygen atoms in total. The monoisotopic (exact) mass is 155 g/mol. The fourth-order valence-electron chi connectivity index (χ4n) is 0.630. The van der Waals surface area contributed by atoms with Crippen molar-refractivity contribution < 1.29 is 0 Å². The molecule has 0 aliphatic carbocycles. The highest BCUT2D eigenvalue weighted by Crippen LogP contribution is 2.07. The summed E-state index contributed by atoms with van der Waals surface area (Å²) in [5, 5.41) is 7.73. The van der Waals surface area contributed by atoms with E-state index < -0.39 is 0 Å². The number of hydrogen-bond acceptors (Lipinski definition) is 2. The summed E-state index contributed by atoms with van der Waals surface area (Å²) in [4.78, 5) is 0. The fourth-order valence-corrected chi connectivity index (χ4v) is 0.630. The third kappa shape index (κ3) is 3.16. The van der Waals surface area contributed by atoms with Crippen LogP contribution in [-0.2, 0) is 7.05 Å². The molecule has 0 fully saturated rings. The Morgan fingerprint density at radius 2 is 1.91 bits per heavy atom. The number of hydrogen-bond donors (Lipinski definition) is 0. The molecule has 0 atom stereocenters. The second-order valence-corrected chi connectivity index (χ2v) is 2.47. The van der Waals surface area contributed by atoms with Gasteiger partial charge in [-0.3, -0.25) is 4.68 Å². The summed E-state index contributed by atoms with van der Waals surface area (Å²) >= 11 is 0. The van der Waals surface area contributed by atoms with Crippen molar-refractivity contribution >= 4 is 0 Å². The maximum absolute atomic E-state index is 3.93. The summed E-state index contributed by atoms with van der Waals surface area (Å²) < 4.78 is 1.72. The minimum Gasteiger partial charge on any atom is -0.255 e. The van der Waals surface area contributed by atoms with E-state index in [1.165, 1.54) is 0 Å². The lowest BCUT2D eigenvalue weighted by Crippen LogP contribution is -1.85. The Bertz CT molecular complexity index is 191. The van der Waals surface area contributed by atoms with E-state index >= 15 is 0 Å². The summed E-state index contributed by atoms with van der Waals surface area (Å²) in [6.45, 7) is 8.20. The maximum Gasteiger partial charge on any atom is 0.0852 e. The molecule has 1 rings (SSSR count). The first-order chi connectivity index (χ1) is 5.20. The molecule has 64 valence electrons. The van der Waals surface area contributed by atoms with Gasteiger partial charge in [-0.2, -0.15) is 0 Å². The molecule has 0 unspecified atom stereocenters. The molecule has 0 spiro atoms. The molecular formula is C8H17N3. The van der Waals surface area contributed by atoms with Crippen LogP contribution in [0.1, 0.15) is 39.3 Å². The quantitative estimate of drug-likeness (QED) is 0.620. The zero-order chi connectivity index (χ0) is 8.85. The molecule has 1 aromatic rings. The van der Waals surface area contributed by atoms with Crippen LogP contribution in [0.25, 0.3) is 0 Å². The highest BCUT2D eigenvalue weighted by Gasteiger charge is 2.00. The van der Waals surface area contributed by atoms with Crippen LogP contribution < -0.4 is 0 Å². The lowest BCUT2D eigenvalue weighted by Gasteiger charge is -1.93. The van der Waals surface area contributed by atoms with Gasteiger partial charge in [0.15, 0.2) is 0 Å². The van der Waals surface area contributed by atoms with Gasteiger partial charge in [-0.15, -0.1) is 5.10 Å². The first-order valence-electron chi connectivity index (χ1n) is 4.06. The standard InChI is InChI=1S/C6H11N3.C2H6/c1-5(2)6-4-9(3)8-7-6;1-2/h4-5H,1-3H3;1-2H3. The Morgan fingerprint density at radius 1 is 1.36 bits per heavy atom. The van der Waals surface area contributed by atoms with Gasteiger partial charge < -0.3 is 0 Å². The van der Waals surface area contributed by atoms with Crippen molar-refractivity contribution in [1.29, 1.82) is 0 Å². The third-order valence-electron chi connectivity index (χ3n) is 1.21. The summed E-state index contributed by atoms with van der Waals surface area (Å²) in [5.74, 6) is 0.485. The largest absolute Gasteiger partial charge is 0.255 e. The van der Waals surface area contributed by atoms with E-state index in [2.05, 4.69) is 24.2 Å². The van der Waals surface area contributed by atoms with Gasteiger partial charge in [0.1, 0.15) is 0 Å².